The first-order chi connectivity index (χ1) is 8.46. The maximum absolute atomic E-state index is 12.0. The molecule has 18 heavy (non-hydrogen) atoms. The Hall–Kier alpha value is -1.42. The fraction of sp³-hybridized carbons (Fsp3) is 0.571. The van der Waals surface area contributed by atoms with Crippen LogP contribution in [0.1, 0.15) is 42.6 Å². The van der Waals surface area contributed by atoms with Crippen LogP contribution in [0.25, 0.3) is 0 Å². The Morgan fingerprint density at radius 2 is 2.22 bits per heavy atom. The van der Waals surface area contributed by atoms with Crippen LogP contribution in [0.15, 0.2) is 18.5 Å². The van der Waals surface area contributed by atoms with E-state index in [1.54, 1.807) is 18.5 Å². The molecule has 0 unspecified atom stereocenters. The number of aromatic nitrogens is 1. The summed E-state index contributed by atoms with van der Waals surface area (Å²) in [6.45, 7) is 6.85. The largest absolute Gasteiger partial charge is 0.396 e. The summed E-state index contributed by atoms with van der Waals surface area (Å²) in [4.78, 5) is 16.0. The lowest BCUT2D eigenvalue weighted by atomic mass is 9.88. The van der Waals surface area contributed by atoms with Crippen LogP contribution in [0, 0.1) is 12.3 Å². The van der Waals surface area contributed by atoms with Crippen molar-refractivity contribution in [2.45, 2.75) is 33.6 Å². The summed E-state index contributed by atoms with van der Waals surface area (Å²) in [5, 5.41) is 11.8. The van der Waals surface area contributed by atoms with Gasteiger partial charge in [0.05, 0.1) is 0 Å². The fourth-order valence-corrected chi connectivity index (χ4v) is 1.79. The Balaban J connectivity index is 2.54. The molecule has 100 valence electrons. The van der Waals surface area contributed by atoms with Crippen LogP contribution in [-0.4, -0.2) is 29.1 Å². The van der Waals surface area contributed by atoms with E-state index in [1.807, 2.05) is 6.92 Å². The second-order valence-electron chi connectivity index (χ2n) is 5.36. The molecule has 1 aromatic rings. The second-order valence-corrected chi connectivity index (χ2v) is 5.36. The van der Waals surface area contributed by atoms with E-state index in [4.69, 9.17) is 5.11 Å². The van der Waals surface area contributed by atoms with Gasteiger partial charge in [-0.05, 0) is 36.8 Å². The van der Waals surface area contributed by atoms with Gasteiger partial charge in [-0.15, -0.1) is 0 Å². The van der Waals surface area contributed by atoms with E-state index in [-0.39, 0.29) is 17.9 Å². The molecule has 4 nitrogen and oxygen atoms in total. The van der Waals surface area contributed by atoms with Gasteiger partial charge in [0, 0.05) is 31.1 Å². The zero-order chi connectivity index (χ0) is 13.6. The number of amides is 1. The topological polar surface area (TPSA) is 62.2 Å². The Kier molecular flexibility index (Phi) is 5.28. The number of nitrogens with one attached hydrogen (secondary N) is 1. The molecule has 1 rings (SSSR count). The highest BCUT2D eigenvalue weighted by Crippen LogP contribution is 2.21. The number of hydrogen-bond donors (Lipinski definition) is 2. The number of carbonyl (C=O) groups excluding carboxylic acids is 1. The summed E-state index contributed by atoms with van der Waals surface area (Å²) < 4.78 is 0. The van der Waals surface area contributed by atoms with E-state index in [1.165, 1.54) is 0 Å². The van der Waals surface area contributed by atoms with E-state index in [0.29, 0.717) is 12.1 Å². The third kappa shape index (κ3) is 4.45. The summed E-state index contributed by atoms with van der Waals surface area (Å²) >= 11 is 0. The number of pyridine rings is 1. The molecule has 1 heterocycles. The molecular weight excluding hydrogens is 228 g/mol. The molecule has 0 radical (unpaired) electrons. The Morgan fingerprint density at radius 1 is 1.50 bits per heavy atom. The van der Waals surface area contributed by atoms with Crippen LogP contribution in [0.2, 0.25) is 0 Å². The Labute approximate surface area is 108 Å². The van der Waals surface area contributed by atoms with Gasteiger partial charge >= 0.3 is 0 Å². The highest BCUT2D eigenvalue weighted by Gasteiger charge is 2.19. The van der Waals surface area contributed by atoms with Crippen LogP contribution in [-0.2, 0) is 0 Å². The number of nitrogens with zero attached hydrogens (tertiary/aromatic N) is 1. The maximum Gasteiger partial charge on any atom is 0.251 e. The molecule has 1 amide bonds. The molecule has 4 heteroatoms. The number of carbonyl (C=O) groups is 1. The predicted octanol–water partition coefficient (Wildman–Crippen LogP) is 1.92. The molecule has 0 saturated heterocycles. The van der Waals surface area contributed by atoms with E-state index in [2.05, 4.69) is 24.1 Å². The van der Waals surface area contributed by atoms with E-state index < -0.39 is 0 Å². The highest BCUT2D eigenvalue weighted by molar-refractivity contribution is 5.95. The summed E-state index contributed by atoms with van der Waals surface area (Å²) in [7, 11) is 0. The molecule has 0 bridgehead atoms. The predicted molar refractivity (Wildman–Crippen MR) is 71.4 cm³/mol. The van der Waals surface area contributed by atoms with E-state index in [9.17, 15) is 4.79 Å². The SMILES string of the molecule is Cc1cnccc1C(=O)NCC(C)(C)CCCO. The van der Waals surface area contributed by atoms with Crippen molar-refractivity contribution in [3.63, 3.8) is 0 Å². The normalized spacial score (nSPS) is 11.3. The molecule has 0 fully saturated rings. The van der Waals surface area contributed by atoms with E-state index >= 15 is 0 Å². The van der Waals surface area contributed by atoms with Gasteiger partial charge in [0.15, 0.2) is 0 Å². The third-order valence-corrected chi connectivity index (χ3v) is 3.00. The fourth-order valence-electron chi connectivity index (χ4n) is 1.79. The highest BCUT2D eigenvalue weighted by atomic mass is 16.2. The molecule has 0 aliphatic carbocycles. The van der Waals surface area contributed by atoms with Crippen LogP contribution in [0.5, 0.6) is 0 Å². The molecule has 1 aromatic heterocycles. The number of aliphatic hydroxyl groups is 1. The van der Waals surface area contributed by atoms with Crippen LogP contribution >= 0.6 is 0 Å². The van der Waals surface area contributed by atoms with Gasteiger partial charge in [-0.3, -0.25) is 9.78 Å². The van der Waals surface area contributed by atoms with Crippen molar-refractivity contribution < 1.29 is 9.90 Å². The minimum Gasteiger partial charge on any atom is -0.396 e. The van der Waals surface area contributed by atoms with Crippen molar-refractivity contribution in [3.8, 4) is 0 Å². The van der Waals surface area contributed by atoms with Gasteiger partial charge in [0.1, 0.15) is 0 Å². The van der Waals surface area contributed by atoms with Gasteiger partial charge < -0.3 is 10.4 Å². The molecule has 0 aliphatic heterocycles. The molecule has 0 spiro atoms. The molecule has 0 saturated carbocycles. The first kappa shape index (κ1) is 14.6. The lowest BCUT2D eigenvalue weighted by molar-refractivity contribution is 0.0932. The summed E-state index contributed by atoms with van der Waals surface area (Å²) in [5.74, 6) is -0.0630. The van der Waals surface area contributed by atoms with Crippen molar-refractivity contribution in [2.75, 3.05) is 13.2 Å². The monoisotopic (exact) mass is 250 g/mol. The van der Waals surface area contributed by atoms with Crippen LogP contribution < -0.4 is 5.32 Å². The van der Waals surface area contributed by atoms with Crippen LogP contribution in [0.4, 0.5) is 0 Å². The standard InChI is InChI=1S/C14H22N2O2/c1-11-9-15-7-5-12(11)13(18)16-10-14(2,3)6-4-8-17/h5,7,9,17H,4,6,8,10H2,1-3H3,(H,16,18). The first-order valence-electron chi connectivity index (χ1n) is 6.26. The van der Waals surface area contributed by atoms with Gasteiger partial charge in [-0.25, -0.2) is 0 Å². The summed E-state index contributed by atoms with van der Waals surface area (Å²) in [5.41, 5.74) is 1.55. The first-order valence-corrected chi connectivity index (χ1v) is 6.26. The Morgan fingerprint density at radius 3 is 2.83 bits per heavy atom. The van der Waals surface area contributed by atoms with Crippen molar-refractivity contribution in [2.24, 2.45) is 5.41 Å². The average molecular weight is 250 g/mol. The minimum atomic E-state index is -0.0630. The zero-order valence-electron chi connectivity index (χ0n) is 11.4. The average Bonchev–Trinajstić information content (AvgIpc) is 2.34. The van der Waals surface area contributed by atoms with Crippen molar-refractivity contribution in [1.29, 1.82) is 0 Å². The third-order valence-electron chi connectivity index (χ3n) is 3.00. The maximum atomic E-state index is 12.0. The van der Waals surface area contributed by atoms with Crippen molar-refractivity contribution >= 4 is 5.91 Å². The smallest absolute Gasteiger partial charge is 0.251 e. The lowest BCUT2D eigenvalue weighted by Crippen LogP contribution is -2.34. The van der Waals surface area contributed by atoms with Gasteiger partial charge in [-0.2, -0.15) is 0 Å². The van der Waals surface area contributed by atoms with Gasteiger partial charge in [0.2, 0.25) is 0 Å². The molecule has 0 atom stereocenters. The molecule has 0 aromatic carbocycles. The van der Waals surface area contributed by atoms with Crippen molar-refractivity contribution in [3.05, 3.63) is 29.6 Å². The second kappa shape index (κ2) is 6.50. The Bertz CT molecular complexity index is 403. The molecule has 2 N–H and O–H groups in total. The zero-order valence-corrected chi connectivity index (χ0v) is 11.4. The van der Waals surface area contributed by atoms with Crippen LogP contribution in [0.3, 0.4) is 0 Å². The minimum absolute atomic E-state index is 0.000670. The van der Waals surface area contributed by atoms with Gasteiger partial charge in [0.25, 0.3) is 5.91 Å². The number of hydrogen-bond acceptors (Lipinski definition) is 3. The van der Waals surface area contributed by atoms with Crippen molar-refractivity contribution in [1.82, 2.24) is 10.3 Å². The number of aryl methyl sites for hydroxylation is 1. The summed E-state index contributed by atoms with van der Waals surface area (Å²) in [6, 6.07) is 1.73. The number of aliphatic hydroxyl groups excluding tert-OH is 1. The number of rotatable bonds is 6. The lowest BCUT2D eigenvalue weighted by Gasteiger charge is -2.24. The quantitative estimate of drug-likeness (QED) is 0.810. The van der Waals surface area contributed by atoms with Gasteiger partial charge in [-0.1, -0.05) is 13.8 Å². The summed E-state index contributed by atoms with van der Waals surface area (Å²) in [6.07, 6.45) is 4.96. The van der Waals surface area contributed by atoms with E-state index in [0.717, 1.165) is 18.4 Å². The molecular formula is C14H22N2O2. The molecule has 0 aliphatic rings.